The van der Waals surface area contributed by atoms with Crippen LogP contribution in [0.3, 0.4) is 0 Å². The highest BCUT2D eigenvalue weighted by molar-refractivity contribution is 6.01. The fourth-order valence-electron chi connectivity index (χ4n) is 1.23. The summed E-state index contributed by atoms with van der Waals surface area (Å²) in [6, 6.07) is -0.632. The predicted octanol–water partition coefficient (Wildman–Crippen LogP) is -1.06. The molecule has 3 amide bonds. The van der Waals surface area contributed by atoms with Crippen LogP contribution in [-0.4, -0.2) is 37.0 Å². The summed E-state index contributed by atoms with van der Waals surface area (Å²) in [6.45, 7) is 1.58. The normalized spacial score (nSPS) is 23.2. The number of carbonyl (C=O) groups is 3. The van der Waals surface area contributed by atoms with Gasteiger partial charge in [-0.15, -0.1) is 0 Å². The van der Waals surface area contributed by atoms with Gasteiger partial charge in [0.15, 0.2) is 0 Å². The topological polar surface area (TPSA) is 84.5 Å². The first kappa shape index (κ1) is 11.6. The van der Waals surface area contributed by atoms with Crippen molar-refractivity contribution in [2.75, 3.05) is 7.11 Å². The van der Waals surface area contributed by atoms with Crippen molar-refractivity contribution in [3.63, 3.8) is 0 Å². The molecule has 0 spiro atoms. The molecule has 0 saturated carbocycles. The Labute approximate surface area is 87.4 Å². The van der Waals surface area contributed by atoms with Crippen LogP contribution in [0.5, 0.6) is 0 Å². The Morgan fingerprint density at radius 3 is 2.80 bits per heavy atom. The van der Waals surface area contributed by atoms with E-state index >= 15 is 0 Å². The Balaban J connectivity index is 2.48. The van der Waals surface area contributed by atoms with Crippen molar-refractivity contribution in [1.82, 2.24) is 10.6 Å². The van der Waals surface area contributed by atoms with E-state index in [9.17, 15) is 14.4 Å². The lowest BCUT2D eigenvalue weighted by Crippen LogP contribution is -2.54. The van der Waals surface area contributed by atoms with E-state index in [4.69, 9.17) is 4.74 Å². The maximum Gasteiger partial charge on any atom is 0.249 e. The third kappa shape index (κ3) is 3.02. The van der Waals surface area contributed by atoms with Crippen LogP contribution in [0.25, 0.3) is 0 Å². The number of amides is 3. The molecule has 1 aliphatic heterocycles. The van der Waals surface area contributed by atoms with Crippen LogP contribution in [0.2, 0.25) is 0 Å². The number of hydrogen-bond donors (Lipinski definition) is 2. The average molecular weight is 214 g/mol. The third-order valence-electron chi connectivity index (χ3n) is 2.28. The van der Waals surface area contributed by atoms with E-state index in [0.717, 1.165) is 0 Å². The van der Waals surface area contributed by atoms with Gasteiger partial charge in [-0.05, 0) is 13.3 Å². The Morgan fingerprint density at radius 1 is 1.60 bits per heavy atom. The molecule has 84 valence electrons. The van der Waals surface area contributed by atoms with Gasteiger partial charge in [-0.25, -0.2) is 0 Å². The first-order valence-electron chi connectivity index (χ1n) is 4.71. The molecule has 15 heavy (non-hydrogen) atoms. The highest BCUT2D eigenvalue weighted by Gasteiger charge is 2.28. The smallest absolute Gasteiger partial charge is 0.249 e. The predicted molar refractivity (Wildman–Crippen MR) is 50.8 cm³/mol. The second kappa shape index (κ2) is 4.88. The molecule has 2 unspecified atom stereocenters. The van der Waals surface area contributed by atoms with E-state index in [1.807, 2.05) is 0 Å². The van der Waals surface area contributed by atoms with Gasteiger partial charge in [-0.3, -0.25) is 19.7 Å². The number of piperidine rings is 1. The van der Waals surface area contributed by atoms with Gasteiger partial charge in [0, 0.05) is 13.5 Å². The lowest BCUT2D eigenvalue weighted by Gasteiger charge is -2.22. The molecular weight excluding hydrogens is 200 g/mol. The Hall–Kier alpha value is -1.43. The zero-order valence-electron chi connectivity index (χ0n) is 8.70. The monoisotopic (exact) mass is 214 g/mol. The zero-order valence-corrected chi connectivity index (χ0v) is 8.70. The van der Waals surface area contributed by atoms with Crippen molar-refractivity contribution in [2.45, 2.75) is 31.9 Å². The number of rotatable bonds is 3. The third-order valence-corrected chi connectivity index (χ3v) is 2.28. The van der Waals surface area contributed by atoms with Crippen LogP contribution in [0.15, 0.2) is 0 Å². The second-order valence-electron chi connectivity index (χ2n) is 3.39. The summed E-state index contributed by atoms with van der Waals surface area (Å²) in [6.07, 6.45) is -0.0133. The lowest BCUT2D eigenvalue weighted by molar-refractivity contribution is -0.139. The lowest BCUT2D eigenvalue weighted by atomic mass is 10.1. The molecule has 6 heteroatoms. The molecule has 2 atom stereocenters. The zero-order chi connectivity index (χ0) is 11.4. The van der Waals surface area contributed by atoms with Gasteiger partial charge in [-0.1, -0.05) is 0 Å². The summed E-state index contributed by atoms with van der Waals surface area (Å²) in [5.41, 5.74) is 0. The van der Waals surface area contributed by atoms with Crippen molar-refractivity contribution in [3.05, 3.63) is 0 Å². The summed E-state index contributed by atoms with van der Waals surface area (Å²) in [5, 5.41) is 4.67. The van der Waals surface area contributed by atoms with Gasteiger partial charge in [0.2, 0.25) is 17.7 Å². The number of imide groups is 1. The minimum Gasteiger partial charge on any atom is -0.372 e. The summed E-state index contributed by atoms with van der Waals surface area (Å²) in [5.74, 6) is -1.11. The van der Waals surface area contributed by atoms with Crippen molar-refractivity contribution in [3.8, 4) is 0 Å². The summed E-state index contributed by atoms with van der Waals surface area (Å²) in [4.78, 5) is 33.5. The molecule has 1 fully saturated rings. The molecule has 1 aliphatic rings. The van der Waals surface area contributed by atoms with Crippen molar-refractivity contribution >= 4 is 17.7 Å². The molecule has 0 aromatic heterocycles. The van der Waals surface area contributed by atoms with Crippen LogP contribution < -0.4 is 10.6 Å². The van der Waals surface area contributed by atoms with Gasteiger partial charge < -0.3 is 10.1 Å². The van der Waals surface area contributed by atoms with E-state index in [-0.39, 0.29) is 18.2 Å². The van der Waals surface area contributed by atoms with E-state index < -0.39 is 18.1 Å². The Morgan fingerprint density at radius 2 is 2.27 bits per heavy atom. The maximum atomic E-state index is 11.4. The summed E-state index contributed by atoms with van der Waals surface area (Å²) >= 11 is 0. The van der Waals surface area contributed by atoms with Gasteiger partial charge in [0.25, 0.3) is 0 Å². The molecular formula is C9H14N2O4. The summed E-state index contributed by atoms with van der Waals surface area (Å²) in [7, 11) is 1.41. The molecule has 0 aliphatic carbocycles. The summed E-state index contributed by atoms with van der Waals surface area (Å²) < 4.78 is 4.80. The number of methoxy groups -OCH3 is 1. The van der Waals surface area contributed by atoms with Crippen molar-refractivity contribution < 1.29 is 19.1 Å². The minimum atomic E-state index is -0.632. The average Bonchev–Trinajstić information content (AvgIpc) is 2.20. The van der Waals surface area contributed by atoms with Crippen LogP contribution >= 0.6 is 0 Å². The van der Waals surface area contributed by atoms with E-state index in [2.05, 4.69) is 10.6 Å². The molecule has 0 aromatic carbocycles. The quantitative estimate of drug-likeness (QED) is 0.587. The number of hydrogen-bond acceptors (Lipinski definition) is 4. The van der Waals surface area contributed by atoms with E-state index in [1.165, 1.54) is 7.11 Å². The van der Waals surface area contributed by atoms with Crippen LogP contribution in [0.4, 0.5) is 0 Å². The van der Waals surface area contributed by atoms with Gasteiger partial charge in [0.1, 0.15) is 12.1 Å². The maximum absolute atomic E-state index is 11.4. The molecule has 1 rings (SSSR count). The molecule has 0 radical (unpaired) electrons. The standard InChI is InChI=1S/C9H14N2O4/c1-5(15-2)8(13)10-6-3-4-7(12)11-9(6)14/h5-6H,3-4H2,1-2H3,(H,10,13)(H,11,12,14). The number of carbonyl (C=O) groups excluding carboxylic acids is 3. The molecule has 1 saturated heterocycles. The van der Waals surface area contributed by atoms with Crippen LogP contribution in [0, 0.1) is 0 Å². The van der Waals surface area contributed by atoms with Gasteiger partial charge in [0.05, 0.1) is 0 Å². The Bertz CT molecular complexity index is 290. The molecule has 0 aromatic rings. The number of nitrogens with one attached hydrogen (secondary N) is 2. The minimum absolute atomic E-state index is 0.248. The highest BCUT2D eigenvalue weighted by Crippen LogP contribution is 2.04. The molecule has 0 bridgehead atoms. The first-order valence-corrected chi connectivity index (χ1v) is 4.71. The van der Waals surface area contributed by atoms with E-state index in [1.54, 1.807) is 6.92 Å². The van der Waals surface area contributed by atoms with Crippen LogP contribution in [0.1, 0.15) is 19.8 Å². The number of ether oxygens (including phenoxy) is 1. The molecule has 6 nitrogen and oxygen atoms in total. The highest BCUT2D eigenvalue weighted by atomic mass is 16.5. The fraction of sp³-hybridized carbons (Fsp3) is 0.667. The van der Waals surface area contributed by atoms with E-state index in [0.29, 0.717) is 6.42 Å². The van der Waals surface area contributed by atoms with Crippen molar-refractivity contribution in [1.29, 1.82) is 0 Å². The fourth-order valence-corrected chi connectivity index (χ4v) is 1.23. The SMILES string of the molecule is COC(C)C(=O)NC1CCC(=O)NC1=O. The largest absolute Gasteiger partial charge is 0.372 e. The van der Waals surface area contributed by atoms with Gasteiger partial charge >= 0.3 is 0 Å². The first-order chi connectivity index (χ1) is 7.04. The second-order valence-corrected chi connectivity index (χ2v) is 3.39. The molecule has 2 N–H and O–H groups in total. The van der Waals surface area contributed by atoms with Crippen molar-refractivity contribution in [2.24, 2.45) is 0 Å². The molecule has 1 heterocycles. The van der Waals surface area contributed by atoms with Gasteiger partial charge in [-0.2, -0.15) is 0 Å². The van der Waals surface area contributed by atoms with Crippen LogP contribution in [-0.2, 0) is 19.1 Å². The Kier molecular flexibility index (Phi) is 3.79.